The first-order valence-corrected chi connectivity index (χ1v) is 12.5. The summed E-state index contributed by atoms with van der Waals surface area (Å²) in [5, 5.41) is 6.49. The van der Waals surface area contributed by atoms with E-state index in [2.05, 4.69) is 10.9 Å². The molecule has 0 aliphatic heterocycles. The Hall–Kier alpha value is -2.21. The van der Waals surface area contributed by atoms with Gasteiger partial charge in [-0.05, 0) is 80.2 Å². The topological polar surface area (TPSA) is 59.0 Å². The van der Waals surface area contributed by atoms with Crippen LogP contribution >= 0.6 is 34.8 Å². The molecular weight excluding hydrogens is 479 g/mol. The highest BCUT2D eigenvalue weighted by Gasteiger charge is 2.46. The summed E-state index contributed by atoms with van der Waals surface area (Å²) < 4.78 is 1.91. The minimum absolute atomic E-state index is 0.267. The lowest BCUT2D eigenvalue weighted by Gasteiger charge is -2.38. The molecule has 0 radical (unpaired) electrons. The van der Waals surface area contributed by atoms with Crippen LogP contribution in [0.25, 0.3) is 5.69 Å². The van der Waals surface area contributed by atoms with Crippen molar-refractivity contribution in [3.63, 3.8) is 0 Å². The van der Waals surface area contributed by atoms with Crippen molar-refractivity contribution in [2.75, 3.05) is 5.43 Å². The lowest BCUT2D eigenvalue weighted by Crippen LogP contribution is -2.31. The second-order valence-corrected chi connectivity index (χ2v) is 10.8. The van der Waals surface area contributed by atoms with Crippen LogP contribution in [0.1, 0.15) is 65.7 Å². The smallest absolute Gasteiger partial charge is 0.290 e. The Bertz CT molecular complexity index is 1240. The van der Waals surface area contributed by atoms with Gasteiger partial charge in [-0.25, -0.2) is 4.68 Å². The number of nitrogens with one attached hydrogen (secondary N) is 2. The molecule has 1 heterocycles. The summed E-state index contributed by atoms with van der Waals surface area (Å²) >= 11 is 19.0. The minimum atomic E-state index is -0.267. The van der Waals surface area contributed by atoms with E-state index >= 15 is 0 Å². The Morgan fingerprint density at radius 1 is 0.909 bits per heavy atom. The molecular formula is C25H23Cl3N4O. The van der Waals surface area contributed by atoms with Gasteiger partial charge in [-0.15, -0.1) is 0 Å². The van der Waals surface area contributed by atoms with Crippen LogP contribution in [-0.2, 0) is 0 Å². The third kappa shape index (κ3) is 3.71. The van der Waals surface area contributed by atoms with E-state index in [0.29, 0.717) is 50.1 Å². The highest BCUT2D eigenvalue weighted by atomic mass is 35.5. The Morgan fingerprint density at radius 2 is 1.64 bits per heavy atom. The van der Waals surface area contributed by atoms with Gasteiger partial charge in [-0.2, -0.15) is 5.10 Å². The zero-order chi connectivity index (χ0) is 22.7. The second kappa shape index (κ2) is 8.23. The average molecular weight is 502 g/mol. The Labute approximate surface area is 207 Å². The number of hydrogen-bond acceptors (Lipinski definition) is 3. The van der Waals surface area contributed by atoms with Crippen molar-refractivity contribution in [3.8, 4) is 5.69 Å². The van der Waals surface area contributed by atoms with Crippen LogP contribution in [0.2, 0.25) is 15.1 Å². The van der Waals surface area contributed by atoms with E-state index < -0.39 is 0 Å². The molecule has 2 aromatic carbocycles. The fourth-order valence-corrected chi connectivity index (χ4v) is 6.97. The van der Waals surface area contributed by atoms with Crippen molar-refractivity contribution in [2.45, 2.75) is 43.9 Å². The highest BCUT2D eigenvalue weighted by molar-refractivity contribution is 6.35. The molecule has 170 valence electrons. The summed E-state index contributed by atoms with van der Waals surface area (Å²) in [4.78, 5) is 13.4. The van der Waals surface area contributed by atoms with E-state index in [1.165, 1.54) is 6.42 Å². The minimum Gasteiger partial charge on any atom is -0.297 e. The number of rotatable bonds is 4. The van der Waals surface area contributed by atoms with Crippen LogP contribution in [0.5, 0.6) is 0 Å². The van der Waals surface area contributed by atoms with Crippen LogP contribution in [-0.4, -0.2) is 15.7 Å². The van der Waals surface area contributed by atoms with Gasteiger partial charge in [-0.3, -0.25) is 15.6 Å². The summed E-state index contributed by atoms with van der Waals surface area (Å²) in [7, 11) is 0. The Kier molecular flexibility index (Phi) is 5.32. The third-order valence-electron chi connectivity index (χ3n) is 7.43. The van der Waals surface area contributed by atoms with Crippen molar-refractivity contribution >= 4 is 46.4 Å². The van der Waals surface area contributed by atoms with Gasteiger partial charge in [0.05, 0.1) is 27.1 Å². The number of benzene rings is 2. The largest absolute Gasteiger partial charge is 0.297 e. The zero-order valence-electron chi connectivity index (χ0n) is 17.8. The van der Waals surface area contributed by atoms with Gasteiger partial charge < -0.3 is 0 Å². The number of hydrazine groups is 1. The number of carbonyl (C=O) groups excluding carboxylic acids is 1. The van der Waals surface area contributed by atoms with Gasteiger partial charge in [-0.1, -0.05) is 46.9 Å². The fourth-order valence-electron chi connectivity index (χ4n) is 6.30. The van der Waals surface area contributed by atoms with Gasteiger partial charge in [0.25, 0.3) is 5.91 Å². The quantitative estimate of drug-likeness (QED) is 0.379. The molecule has 0 saturated heterocycles. The van der Waals surface area contributed by atoms with Crippen molar-refractivity contribution in [1.29, 1.82) is 0 Å². The molecule has 33 heavy (non-hydrogen) atoms. The first-order valence-electron chi connectivity index (χ1n) is 11.4. The molecule has 0 spiro atoms. The summed E-state index contributed by atoms with van der Waals surface area (Å²) in [5.74, 6) is 1.89. The normalized spacial score (nSPS) is 24.9. The van der Waals surface area contributed by atoms with Crippen molar-refractivity contribution in [1.82, 2.24) is 15.2 Å². The number of nitrogens with zero attached hydrogens (tertiary/aromatic N) is 2. The molecule has 2 N–H and O–H groups in total. The highest BCUT2D eigenvalue weighted by Crippen LogP contribution is 2.57. The van der Waals surface area contributed by atoms with Crippen LogP contribution < -0.4 is 10.9 Å². The lowest BCUT2D eigenvalue weighted by atomic mass is 9.67. The Balaban J connectivity index is 1.44. The van der Waals surface area contributed by atoms with E-state index in [1.54, 1.807) is 12.1 Å². The average Bonchev–Trinajstić information content (AvgIpc) is 3.09. The third-order valence-corrected chi connectivity index (χ3v) is 8.30. The number of aromatic nitrogens is 2. The number of carbonyl (C=O) groups is 1. The van der Waals surface area contributed by atoms with E-state index in [0.717, 1.165) is 42.6 Å². The molecule has 3 aromatic rings. The second-order valence-electron chi connectivity index (χ2n) is 9.52. The summed E-state index contributed by atoms with van der Waals surface area (Å²) in [5.41, 5.74) is 9.88. The number of anilines is 1. The molecule has 1 amide bonds. The first-order chi connectivity index (χ1) is 16.0. The van der Waals surface area contributed by atoms with Crippen LogP contribution in [0, 0.1) is 11.8 Å². The predicted molar refractivity (Wildman–Crippen MR) is 132 cm³/mol. The number of halogens is 3. The number of para-hydroxylation sites is 1. The van der Waals surface area contributed by atoms with Gasteiger partial charge in [0.2, 0.25) is 0 Å². The molecule has 7 rings (SSSR count). The first kappa shape index (κ1) is 21.3. The molecule has 1 aromatic heterocycles. The number of amides is 1. The molecule has 2 saturated carbocycles. The molecule has 2 atom stereocenters. The van der Waals surface area contributed by atoms with E-state index in [-0.39, 0.29) is 5.91 Å². The predicted octanol–water partition coefficient (Wildman–Crippen LogP) is 6.98. The maximum Gasteiger partial charge on any atom is 0.290 e. The van der Waals surface area contributed by atoms with Crippen LogP contribution in [0.4, 0.5) is 5.69 Å². The monoisotopic (exact) mass is 500 g/mol. The molecule has 2 unspecified atom stereocenters. The van der Waals surface area contributed by atoms with E-state index in [1.807, 2.05) is 35.0 Å². The van der Waals surface area contributed by atoms with Crippen molar-refractivity contribution in [3.05, 3.63) is 74.5 Å². The standard InChI is InChI=1S/C25H23Cl3N4O/c26-17-5-6-21(19(28)12-17)32-24-16-10-13-7-14(11-16)9-15(8-13)22(24)23(31-32)25(33)30-29-20-4-2-1-3-18(20)27/h1-6,12-16,29H,7-11H2,(H,30,33). The molecule has 4 aliphatic rings. The van der Waals surface area contributed by atoms with Crippen LogP contribution in [0.3, 0.4) is 0 Å². The maximum absolute atomic E-state index is 13.4. The summed E-state index contributed by atoms with van der Waals surface area (Å²) in [6.07, 6.45) is 5.85. The number of hydrogen-bond donors (Lipinski definition) is 2. The molecule has 4 bridgehead atoms. The fraction of sp³-hybridized carbons (Fsp3) is 0.360. The van der Waals surface area contributed by atoms with Crippen LogP contribution in [0.15, 0.2) is 42.5 Å². The molecule has 5 nitrogen and oxygen atoms in total. The Morgan fingerprint density at radius 3 is 2.36 bits per heavy atom. The maximum atomic E-state index is 13.4. The SMILES string of the molecule is O=C(NNc1ccccc1Cl)c1nn(-c2ccc(Cl)cc2Cl)c2c1C1CC3CC(C1)CC2C3. The van der Waals surface area contributed by atoms with Gasteiger partial charge >= 0.3 is 0 Å². The zero-order valence-corrected chi connectivity index (χ0v) is 20.1. The molecule has 2 fully saturated rings. The lowest BCUT2D eigenvalue weighted by molar-refractivity contribution is 0.0954. The van der Waals surface area contributed by atoms with E-state index in [4.69, 9.17) is 39.9 Å². The van der Waals surface area contributed by atoms with Gasteiger partial charge in [0.15, 0.2) is 5.69 Å². The molecule has 8 heteroatoms. The summed E-state index contributed by atoms with van der Waals surface area (Å²) in [6.45, 7) is 0. The van der Waals surface area contributed by atoms with Crippen molar-refractivity contribution < 1.29 is 4.79 Å². The van der Waals surface area contributed by atoms with Gasteiger partial charge in [0, 0.05) is 16.5 Å². The van der Waals surface area contributed by atoms with Crippen molar-refractivity contribution in [2.24, 2.45) is 11.8 Å². The van der Waals surface area contributed by atoms with Gasteiger partial charge in [0.1, 0.15) is 0 Å². The summed E-state index contributed by atoms with van der Waals surface area (Å²) in [6, 6.07) is 12.7. The van der Waals surface area contributed by atoms with E-state index in [9.17, 15) is 4.79 Å². The molecule has 4 aliphatic carbocycles.